The fourth-order valence-electron chi connectivity index (χ4n) is 1.72. The summed E-state index contributed by atoms with van der Waals surface area (Å²) in [5.74, 6) is 1.26. The standard InChI is InChI=1S/C15H24N2O3S/c1-3-4-5-8-20-11-6-7-13(14(9-11)19-2)17-15(18)12(16)10-21/h6-7,9,12,21H,3-5,8,10,16H2,1-2H3,(H,17,18)/t12-/m0/s1. The van der Waals surface area contributed by atoms with E-state index < -0.39 is 6.04 Å². The Hall–Kier alpha value is -1.40. The molecule has 1 aromatic carbocycles. The molecule has 5 nitrogen and oxygen atoms in total. The molecule has 1 amide bonds. The number of rotatable bonds is 9. The third kappa shape index (κ3) is 5.85. The summed E-state index contributed by atoms with van der Waals surface area (Å²) in [6, 6.07) is 4.66. The minimum absolute atomic E-state index is 0.284. The van der Waals surface area contributed by atoms with Gasteiger partial charge in [0.25, 0.3) is 0 Å². The van der Waals surface area contributed by atoms with Crippen LogP contribution in [-0.2, 0) is 4.79 Å². The largest absolute Gasteiger partial charge is 0.494 e. The molecule has 1 rings (SSSR count). The van der Waals surface area contributed by atoms with Crippen molar-refractivity contribution in [2.24, 2.45) is 5.73 Å². The number of nitrogens with one attached hydrogen (secondary N) is 1. The van der Waals surface area contributed by atoms with Gasteiger partial charge in [-0.2, -0.15) is 12.6 Å². The number of unbranched alkanes of at least 4 members (excludes halogenated alkanes) is 2. The van der Waals surface area contributed by atoms with Gasteiger partial charge >= 0.3 is 0 Å². The van der Waals surface area contributed by atoms with Crippen LogP contribution in [0.1, 0.15) is 26.2 Å². The van der Waals surface area contributed by atoms with Crippen molar-refractivity contribution in [3.05, 3.63) is 18.2 Å². The molecule has 0 spiro atoms. The molecule has 0 bridgehead atoms. The summed E-state index contributed by atoms with van der Waals surface area (Å²) in [6.45, 7) is 2.82. The van der Waals surface area contributed by atoms with Crippen LogP contribution in [0.3, 0.4) is 0 Å². The van der Waals surface area contributed by atoms with E-state index in [0.717, 1.165) is 25.0 Å². The Morgan fingerprint density at radius 2 is 2.19 bits per heavy atom. The van der Waals surface area contributed by atoms with E-state index >= 15 is 0 Å². The molecule has 21 heavy (non-hydrogen) atoms. The lowest BCUT2D eigenvalue weighted by Gasteiger charge is -2.14. The molecule has 1 atom stereocenters. The molecule has 0 radical (unpaired) electrons. The van der Waals surface area contributed by atoms with E-state index in [2.05, 4.69) is 24.9 Å². The highest BCUT2D eigenvalue weighted by atomic mass is 32.1. The highest BCUT2D eigenvalue weighted by molar-refractivity contribution is 7.80. The summed E-state index contributed by atoms with van der Waals surface area (Å²) in [4.78, 5) is 11.8. The van der Waals surface area contributed by atoms with Crippen LogP contribution in [0.4, 0.5) is 5.69 Å². The maximum atomic E-state index is 11.8. The number of anilines is 1. The molecule has 0 fully saturated rings. The topological polar surface area (TPSA) is 73.6 Å². The lowest BCUT2D eigenvalue weighted by atomic mass is 10.2. The van der Waals surface area contributed by atoms with Crippen LogP contribution >= 0.6 is 12.6 Å². The molecule has 0 aliphatic heterocycles. The summed E-state index contributed by atoms with van der Waals surface area (Å²) in [6.07, 6.45) is 3.32. The number of hydrogen-bond donors (Lipinski definition) is 3. The van der Waals surface area contributed by atoms with Crippen molar-refractivity contribution in [1.82, 2.24) is 0 Å². The van der Waals surface area contributed by atoms with Crippen molar-refractivity contribution >= 4 is 24.2 Å². The van der Waals surface area contributed by atoms with E-state index in [1.807, 2.05) is 0 Å². The number of carbonyl (C=O) groups excluding carboxylic acids is 1. The molecule has 118 valence electrons. The normalized spacial score (nSPS) is 11.8. The van der Waals surface area contributed by atoms with Crippen molar-refractivity contribution in [2.45, 2.75) is 32.2 Å². The summed E-state index contributed by atoms with van der Waals surface area (Å²) >= 11 is 4.00. The minimum atomic E-state index is -0.650. The monoisotopic (exact) mass is 312 g/mol. The molecule has 0 aromatic heterocycles. The molecule has 1 aromatic rings. The average Bonchev–Trinajstić information content (AvgIpc) is 2.51. The molecule has 0 saturated carbocycles. The fraction of sp³-hybridized carbons (Fsp3) is 0.533. The van der Waals surface area contributed by atoms with Gasteiger partial charge in [0, 0.05) is 11.8 Å². The quantitative estimate of drug-likeness (QED) is 0.484. The van der Waals surface area contributed by atoms with Crippen molar-refractivity contribution in [2.75, 3.05) is 24.8 Å². The molecular formula is C15H24N2O3S. The fourth-order valence-corrected chi connectivity index (χ4v) is 1.88. The summed E-state index contributed by atoms with van der Waals surface area (Å²) < 4.78 is 10.9. The number of nitrogens with two attached hydrogens (primary N) is 1. The third-order valence-corrected chi connectivity index (χ3v) is 3.37. The molecule has 0 heterocycles. The van der Waals surface area contributed by atoms with E-state index in [4.69, 9.17) is 15.2 Å². The van der Waals surface area contributed by atoms with Gasteiger partial charge in [0.15, 0.2) is 0 Å². The molecule has 0 unspecified atom stereocenters. The van der Waals surface area contributed by atoms with Gasteiger partial charge in [-0.15, -0.1) is 0 Å². The predicted octanol–water partition coefficient (Wildman–Crippen LogP) is 2.46. The van der Waals surface area contributed by atoms with Gasteiger partial charge in [-0.1, -0.05) is 19.8 Å². The van der Waals surface area contributed by atoms with Crippen LogP contribution in [0.5, 0.6) is 11.5 Å². The molecule has 0 aliphatic carbocycles. The Balaban J connectivity index is 2.68. The first kappa shape index (κ1) is 17.7. The number of thiol groups is 1. The highest BCUT2D eigenvalue weighted by Crippen LogP contribution is 2.29. The number of amides is 1. The van der Waals surface area contributed by atoms with Crippen molar-refractivity contribution < 1.29 is 14.3 Å². The van der Waals surface area contributed by atoms with Gasteiger partial charge in [-0.25, -0.2) is 0 Å². The predicted molar refractivity (Wildman–Crippen MR) is 88.5 cm³/mol. The van der Waals surface area contributed by atoms with Gasteiger partial charge in [-0.3, -0.25) is 4.79 Å². The van der Waals surface area contributed by atoms with E-state index in [0.29, 0.717) is 18.0 Å². The van der Waals surface area contributed by atoms with E-state index in [-0.39, 0.29) is 11.7 Å². The second-order valence-corrected chi connectivity index (χ2v) is 5.06. The van der Waals surface area contributed by atoms with E-state index in [9.17, 15) is 4.79 Å². The number of benzene rings is 1. The summed E-state index contributed by atoms with van der Waals surface area (Å²) in [5.41, 5.74) is 6.20. The van der Waals surface area contributed by atoms with Crippen molar-refractivity contribution in [3.63, 3.8) is 0 Å². The second kappa shape index (κ2) is 9.52. The zero-order valence-corrected chi connectivity index (χ0v) is 13.5. The van der Waals surface area contributed by atoms with Crippen LogP contribution in [-0.4, -0.2) is 31.4 Å². The minimum Gasteiger partial charge on any atom is -0.494 e. The Bertz CT molecular complexity index is 455. The van der Waals surface area contributed by atoms with Crippen LogP contribution in [0.25, 0.3) is 0 Å². The maximum Gasteiger partial charge on any atom is 0.242 e. The first-order valence-electron chi connectivity index (χ1n) is 7.10. The number of methoxy groups -OCH3 is 1. The Labute approximate surface area is 131 Å². The van der Waals surface area contributed by atoms with Crippen molar-refractivity contribution in [3.8, 4) is 11.5 Å². The average molecular weight is 312 g/mol. The van der Waals surface area contributed by atoms with Crippen LogP contribution in [0.15, 0.2) is 18.2 Å². The second-order valence-electron chi connectivity index (χ2n) is 4.70. The summed E-state index contributed by atoms with van der Waals surface area (Å²) in [5, 5.41) is 2.72. The first-order valence-corrected chi connectivity index (χ1v) is 7.73. The smallest absolute Gasteiger partial charge is 0.242 e. The van der Waals surface area contributed by atoms with Gasteiger partial charge in [0.05, 0.1) is 25.4 Å². The Morgan fingerprint density at radius 1 is 1.43 bits per heavy atom. The number of hydrogen-bond acceptors (Lipinski definition) is 5. The molecule has 0 aliphatic rings. The molecule has 6 heteroatoms. The zero-order valence-electron chi connectivity index (χ0n) is 12.6. The summed E-state index contributed by atoms with van der Waals surface area (Å²) in [7, 11) is 1.55. The van der Waals surface area contributed by atoms with Crippen LogP contribution < -0.4 is 20.5 Å². The third-order valence-electron chi connectivity index (χ3n) is 2.98. The molecule has 3 N–H and O–H groups in total. The lowest BCUT2D eigenvalue weighted by Crippen LogP contribution is -2.37. The first-order chi connectivity index (χ1) is 10.1. The van der Waals surface area contributed by atoms with Gasteiger partial charge in [-0.05, 0) is 18.6 Å². The molecular weight excluding hydrogens is 288 g/mol. The lowest BCUT2D eigenvalue weighted by molar-refractivity contribution is -0.116. The number of carbonyl (C=O) groups is 1. The molecule has 0 saturated heterocycles. The Morgan fingerprint density at radius 3 is 2.81 bits per heavy atom. The van der Waals surface area contributed by atoms with Gasteiger partial charge in [0.2, 0.25) is 5.91 Å². The van der Waals surface area contributed by atoms with E-state index in [1.165, 1.54) is 0 Å². The zero-order chi connectivity index (χ0) is 15.7. The SMILES string of the molecule is CCCCCOc1ccc(NC(=O)[C@@H](N)CS)c(OC)c1. The van der Waals surface area contributed by atoms with Crippen molar-refractivity contribution in [1.29, 1.82) is 0 Å². The van der Waals surface area contributed by atoms with Gasteiger partial charge < -0.3 is 20.5 Å². The number of ether oxygens (including phenoxy) is 2. The van der Waals surface area contributed by atoms with E-state index in [1.54, 1.807) is 25.3 Å². The van der Waals surface area contributed by atoms with Gasteiger partial charge in [0.1, 0.15) is 11.5 Å². The Kier molecular flexibility index (Phi) is 8.00. The maximum absolute atomic E-state index is 11.8. The van der Waals surface area contributed by atoms with Crippen LogP contribution in [0.2, 0.25) is 0 Å². The highest BCUT2D eigenvalue weighted by Gasteiger charge is 2.14. The van der Waals surface area contributed by atoms with Crippen LogP contribution in [0, 0.1) is 0 Å².